The largest absolute Gasteiger partial charge is 0.829 e. The van der Waals surface area contributed by atoms with Gasteiger partial charge in [0.15, 0.2) is 6.10 Å². The second kappa shape index (κ2) is 4.20. The average Bonchev–Trinajstić information content (AvgIpc) is 2.12. The maximum absolute atomic E-state index is 11.1. The van der Waals surface area contributed by atoms with Crippen molar-refractivity contribution in [3.8, 4) is 0 Å². The molecule has 0 aromatic heterocycles. The van der Waals surface area contributed by atoms with Gasteiger partial charge in [0.25, 0.3) is 0 Å². The van der Waals surface area contributed by atoms with Crippen LogP contribution >= 0.6 is 0 Å². The van der Waals surface area contributed by atoms with Crippen LogP contribution in [-0.2, 0) is 14.3 Å². The van der Waals surface area contributed by atoms with Crippen LogP contribution in [-0.4, -0.2) is 59.1 Å². The normalized spacial score (nSPS) is 43.6. The van der Waals surface area contributed by atoms with E-state index in [4.69, 9.17) is 5.11 Å². The molecule has 3 N–H and O–H groups in total. The summed E-state index contributed by atoms with van der Waals surface area (Å²) in [6.45, 7) is 0. The Morgan fingerprint density at radius 3 is 2.43 bits per heavy atom. The van der Waals surface area contributed by atoms with Crippen LogP contribution in [0.5, 0.6) is 0 Å². The van der Waals surface area contributed by atoms with Gasteiger partial charge in [0, 0.05) is 13.4 Å². The maximum atomic E-state index is 11.1. The first-order valence-corrected chi connectivity index (χ1v) is 3.92. The van der Waals surface area contributed by atoms with Gasteiger partial charge < -0.3 is 29.9 Å². The zero-order valence-electron chi connectivity index (χ0n) is 7.36. The topological polar surface area (TPSA) is 119 Å². The third-order valence-electron chi connectivity index (χ3n) is 2.06. The molecule has 0 spiro atoms. The second-order valence-corrected chi connectivity index (χ2v) is 2.94. The molecule has 7 nitrogen and oxygen atoms in total. The first-order valence-electron chi connectivity index (χ1n) is 3.92. The highest BCUT2D eigenvalue weighted by Gasteiger charge is 2.43. The number of aliphatic hydroxyl groups excluding tert-OH is 2. The number of carboxylic acid groups (broad SMARTS) is 1. The highest BCUT2D eigenvalue weighted by Crippen LogP contribution is 2.20. The molecule has 0 unspecified atom stereocenters. The average molecular weight is 207 g/mol. The molecule has 0 aromatic carbocycles. The Kier molecular flexibility index (Phi) is 3.40. The Hall–Kier alpha value is -0.730. The molecule has 1 aliphatic rings. The molecule has 0 bridgehead atoms. The van der Waals surface area contributed by atoms with Gasteiger partial charge in [-0.05, 0) is 0 Å². The van der Waals surface area contributed by atoms with E-state index in [9.17, 15) is 20.1 Å². The minimum absolute atomic E-state index is 1.16. The van der Waals surface area contributed by atoms with Crippen molar-refractivity contribution in [2.75, 3.05) is 7.11 Å². The van der Waals surface area contributed by atoms with Crippen LogP contribution in [0.15, 0.2) is 0 Å². The molecule has 1 heterocycles. The lowest BCUT2D eigenvalue weighted by Crippen LogP contribution is -2.63. The number of aliphatic hydroxyl groups is 2. The number of hydrogen-bond donors (Lipinski definition) is 3. The summed E-state index contributed by atoms with van der Waals surface area (Å²) >= 11 is 0. The standard InChI is InChI=1S/C7H11O7/c1-13-5-3(9)2(8)4(6(10)11)14-7(5)12/h2-5,7-9H,1H3,(H,10,11)/q-1/t2-,3-,4+,5+,7+/m0/s1. The van der Waals surface area contributed by atoms with E-state index in [1.165, 1.54) is 0 Å². The lowest BCUT2D eigenvalue weighted by Gasteiger charge is -2.43. The molecule has 1 fully saturated rings. The predicted molar refractivity (Wildman–Crippen MR) is 39.1 cm³/mol. The van der Waals surface area contributed by atoms with Crippen LogP contribution in [0.3, 0.4) is 0 Å². The number of hydrogen-bond acceptors (Lipinski definition) is 6. The highest BCUT2D eigenvalue weighted by atomic mass is 16.7. The number of methoxy groups -OCH3 is 1. The molecule has 0 amide bonds. The van der Waals surface area contributed by atoms with Gasteiger partial charge in [0.05, 0.1) is 6.10 Å². The second-order valence-electron chi connectivity index (χ2n) is 2.94. The molecule has 7 heteroatoms. The van der Waals surface area contributed by atoms with E-state index in [-0.39, 0.29) is 0 Å². The molecule has 82 valence electrons. The Labute approximate surface area is 79.5 Å². The predicted octanol–water partition coefficient (Wildman–Crippen LogP) is -3.11. The van der Waals surface area contributed by atoms with E-state index in [0.29, 0.717) is 0 Å². The van der Waals surface area contributed by atoms with Crippen LogP contribution in [0.25, 0.3) is 0 Å². The summed E-state index contributed by atoms with van der Waals surface area (Å²) in [5.74, 6) is -1.49. The summed E-state index contributed by atoms with van der Waals surface area (Å²) in [5.41, 5.74) is 0. The van der Waals surface area contributed by atoms with Crippen LogP contribution in [0, 0.1) is 0 Å². The summed E-state index contributed by atoms with van der Waals surface area (Å²) in [4.78, 5) is 10.5. The SMILES string of the molecule is CO[C@@H]1[C@@H](O)[C@H](O)[C@H](C(=O)O)O[C@H]1[O-]. The quantitative estimate of drug-likeness (QED) is 0.438. The maximum Gasteiger partial charge on any atom is 0.335 e. The highest BCUT2D eigenvalue weighted by molar-refractivity contribution is 5.73. The first kappa shape index (κ1) is 11.3. The van der Waals surface area contributed by atoms with E-state index in [2.05, 4.69) is 9.47 Å². The van der Waals surface area contributed by atoms with Gasteiger partial charge in [0.2, 0.25) is 0 Å². The lowest BCUT2D eigenvalue weighted by molar-refractivity contribution is -0.530. The first-order chi connectivity index (χ1) is 6.49. The fourth-order valence-electron chi connectivity index (χ4n) is 1.29. The molecule has 1 rings (SSSR count). The van der Waals surface area contributed by atoms with Crippen molar-refractivity contribution < 1.29 is 34.7 Å². The van der Waals surface area contributed by atoms with Crippen molar-refractivity contribution in [2.45, 2.75) is 30.7 Å². The summed E-state index contributed by atoms with van der Waals surface area (Å²) in [5, 5.41) is 38.2. The van der Waals surface area contributed by atoms with Crippen LogP contribution < -0.4 is 5.11 Å². The van der Waals surface area contributed by atoms with Gasteiger partial charge in [-0.25, -0.2) is 4.79 Å². The number of carboxylic acids is 1. The number of ether oxygens (including phenoxy) is 2. The van der Waals surface area contributed by atoms with Gasteiger partial charge in [0.1, 0.15) is 12.2 Å². The van der Waals surface area contributed by atoms with Crippen molar-refractivity contribution in [1.29, 1.82) is 0 Å². The number of carbonyl (C=O) groups is 1. The molecule has 0 aliphatic carbocycles. The Morgan fingerprint density at radius 1 is 1.43 bits per heavy atom. The zero-order chi connectivity index (χ0) is 10.9. The van der Waals surface area contributed by atoms with Crippen molar-refractivity contribution in [1.82, 2.24) is 0 Å². The van der Waals surface area contributed by atoms with E-state index in [1.54, 1.807) is 0 Å². The van der Waals surface area contributed by atoms with Gasteiger partial charge >= 0.3 is 5.97 Å². The summed E-state index contributed by atoms with van der Waals surface area (Å²) < 4.78 is 9.02. The van der Waals surface area contributed by atoms with E-state index < -0.39 is 36.7 Å². The smallest absolute Gasteiger partial charge is 0.335 e. The van der Waals surface area contributed by atoms with Crippen molar-refractivity contribution in [2.24, 2.45) is 0 Å². The summed E-state index contributed by atoms with van der Waals surface area (Å²) in [6.07, 6.45) is -8.01. The van der Waals surface area contributed by atoms with E-state index in [0.717, 1.165) is 7.11 Å². The Balaban J connectivity index is 2.77. The van der Waals surface area contributed by atoms with E-state index >= 15 is 0 Å². The monoisotopic (exact) mass is 207 g/mol. The zero-order valence-corrected chi connectivity index (χ0v) is 7.36. The Morgan fingerprint density at radius 2 is 2.00 bits per heavy atom. The summed E-state index contributed by atoms with van der Waals surface area (Å²) in [6, 6.07) is 0. The van der Waals surface area contributed by atoms with Gasteiger partial charge in [-0.1, -0.05) is 0 Å². The minimum atomic E-state index is -1.82. The van der Waals surface area contributed by atoms with Crippen LogP contribution in [0.4, 0.5) is 0 Å². The fourth-order valence-corrected chi connectivity index (χ4v) is 1.29. The van der Waals surface area contributed by atoms with Crippen LogP contribution in [0.1, 0.15) is 0 Å². The van der Waals surface area contributed by atoms with Gasteiger partial charge in [-0.3, -0.25) is 0 Å². The number of rotatable bonds is 2. The summed E-state index contributed by atoms with van der Waals surface area (Å²) in [7, 11) is 1.16. The number of aliphatic carboxylic acids is 1. The molecule has 0 radical (unpaired) electrons. The van der Waals surface area contributed by atoms with Gasteiger partial charge in [-0.15, -0.1) is 0 Å². The molecule has 5 atom stereocenters. The Bertz CT molecular complexity index is 218. The van der Waals surface area contributed by atoms with Gasteiger partial charge in [-0.2, -0.15) is 0 Å². The molecular formula is C7H11O7-. The molecule has 14 heavy (non-hydrogen) atoms. The molecule has 1 aliphatic heterocycles. The molecule has 0 saturated carbocycles. The molecule has 0 aromatic rings. The molecule has 1 saturated heterocycles. The van der Waals surface area contributed by atoms with Crippen molar-refractivity contribution in [3.63, 3.8) is 0 Å². The van der Waals surface area contributed by atoms with Crippen molar-refractivity contribution >= 4 is 5.97 Å². The van der Waals surface area contributed by atoms with Crippen molar-refractivity contribution in [3.05, 3.63) is 0 Å². The third kappa shape index (κ3) is 1.86. The molecular weight excluding hydrogens is 196 g/mol. The lowest BCUT2D eigenvalue weighted by atomic mass is 9.99. The fraction of sp³-hybridized carbons (Fsp3) is 0.857. The van der Waals surface area contributed by atoms with E-state index in [1.807, 2.05) is 0 Å². The minimum Gasteiger partial charge on any atom is -0.829 e. The van der Waals surface area contributed by atoms with Crippen LogP contribution in [0.2, 0.25) is 0 Å². The third-order valence-corrected chi connectivity index (χ3v) is 2.06.